The lowest BCUT2D eigenvalue weighted by Crippen LogP contribution is -2.39. The number of hydrogen-bond acceptors (Lipinski definition) is 2. The van der Waals surface area contributed by atoms with Gasteiger partial charge in [-0.1, -0.05) is 48.5 Å². The van der Waals surface area contributed by atoms with Crippen LogP contribution in [-0.2, 0) is 4.79 Å². The number of nitrogens with one attached hydrogen (secondary N) is 2. The molecule has 0 bridgehead atoms. The minimum Gasteiger partial charge on any atom is -0.378 e. The number of benzene rings is 2. The van der Waals surface area contributed by atoms with E-state index in [0.29, 0.717) is 12.4 Å². The normalized spacial score (nSPS) is 12.5. The van der Waals surface area contributed by atoms with Gasteiger partial charge in [0.1, 0.15) is 0 Å². The van der Waals surface area contributed by atoms with Gasteiger partial charge in [-0.2, -0.15) is 0 Å². The maximum absolute atomic E-state index is 12.2. The molecule has 0 saturated carbocycles. The Morgan fingerprint density at radius 1 is 1.04 bits per heavy atom. The molecule has 0 fully saturated rings. The van der Waals surface area contributed by atoms with E-state index in [-0.39, 0.29) is 11.9 Å². The first-order valence-corrected chi connectivity index (χ1v) is 8.77. The largest absolute Gasteiger partial charge is 0.378 e. The molecular weight excluding hydrogens is 320 g/mol. The quantitative estimate of drug-likeness (QED) is 0.686. The standard InChI is InChI=1S/C20H25ClN2O/c1-20(2,15-21)19(24)22-14-13-18(16-9-5-3-6-10-16)23-17-11-7-4-8-12-17/h3-12,18,23H,13-15H2,1-2H3,(H,22,24). The lowest BCUT2D eigenvalue weighted by atomic mass is 9.95. The number of alkyl halides is 1. The summed E-state index contributed by atoms with van der Waals surface area (Å²) in [6, 6.07) is 20.5. The van der Waals surface area contributed by atoms with Crippen molar-refractivity contribution < 1.29 is 4.79 Å². The van der Waals surface area contributed by atoms with Gasteiger partial charge in [0.15, 0.2) is 0 Å². The first-order valence-electron chi connectivity index (χ1n) is 8.24. The molecule has 1 atom stereocenters. The zero-order valence-corrected chi connectivity index (χ0v) is 15.0. The van der Waals surface area contributed by atoms with Crippen molar-refractivity contribution in [2.75, 3.05) is 17.7 Å². The van der Waals surface area contributed by atoms with E-state index in [0.717, 1.165) is 12.1 Å². The van der Waals surface area contributed by atoms with E-state index in [1.54, 1.807) is 0 Å². The number of hydrogen-bond donors (Lipinski definition) is 2. The second-order valence-electron chi connectivity index (χ2n) is 6.54. The van der Waals surface area contributed by atoms with Crippen LogP contribution in [0.15, 0.2) is 60.7 Å². The molecule has 0 aliphatic carbocycles. The Hall–Kier alpha value is -2.00. The number of amides is 1. The SMILES string of the molecule is CC(C)(CCl)C(=O)NCCC(Nc1ccccc1)c1ccccc1. The van der Waals surface area contributed by atoms with Crippen molar-refractivity contribution in [3.63, 3.8) is 0 Å². The van der Waals surface area contributed by atoms with Gasteiger partial charge in [0, 0.05) is 18.1 Å². The van der Waals surface area contributed by atoms with Crippen molar-refractivity contribution in [1.82, 2.24) is 5.32 Å². The van der Waals surface area contributed by atoms with Gasteiger partial charge in [0.05, 0.1) is 11.5 Å². The molecule has 2 rings (SSSR count). The molecular formula is C20H25ClN2O. The molecule has 0 aliphatic rings. The highest BCUT2D eigenvalue weighted by Gasteiger charge is 2.26. The molecule has 0 heterocycles. The Bertz CT molecular complexity index is 629. The molecule has 1 unspecified atom stereocenters. The maximum atomic E-state index is 12.2. The monoisotopic (exact) mass is 344 g/mol. The van der Waals surface area contributed by atoms with Crippen molar-refractivity contribution >= 4 is 23.2 Å². The van der Waals surface area contributed by atoms with Gasteiger partial charge in [-0.05, 0) is 38.0 Å². The molecule has 4 heteroatoms. The molecule has 0 radical (unpaired) electrons. The van der Waals surface area contributed by atoms with Crippen LogP contribution in [0.1, 0.15) is 31.9 Å². The van der Waals surface area contributed by atoms with Gasteiger partial charge >= 0.3 is 0 Å². The van der Waals surface area contributed by atoms with E-state index in [1.165, 1.54) is 5.56 Å². The van der Waals surface area contributed by atoms with Crippen LogP contribution in [-0.4, -0.2) is 18.3 Å². The Labute approximate surface area is 149 Å². The molecule has 0 saturated heterocycles. The number of carbonyl (C=O) groups is 1. The summed E-state index contributed by atoms with van der Waals surface area (Å²) in [5.41, 5.74) is 1.72. The number of rotatable bonds is 8. The second-order valence-corrected chi connectivity index (χ2v) is 6.80. The van der Waals surface area contributed by atoms with E-state index in [9.17, 15) is 4.79 Å². The third kappa shape index (κ3) is 5.27. The van der Waals surface area contributed by atoms with Crippen molar-refractivity contribution in [3.8, 4) is 0 Å². The topological polar surface area (TPSA) is 41.1 Å². The summed E-state index contributed by atoms with van der Waals surface area (Å²) in [5, 5.41) is 6.54. The lowest BCUT2D eigenvalue weighted by Gasteiger charge is -2.23. The van der Waals surface area contributed by atoms with Gasteiger partial charge in [-0.15, -0.1) is 11.6 Å². The molecule has 2 N–H and O–H groups in total. The molecule has 1 amide bonds. The van der Waals surface area contributed by atoms with E-state index < -0.39 is 5.41 Å². The van der Waals surface area contributed by atoms with Crippen LogP contribution in [0.3, 0.4) is 0 Å². The van der Waals surface area contributed by atoms with Gasteiger partial charge in [-0.3, -0.25) is 4.79 Å². The smallest absolute Gasteiger partial charge is 0.226 e. The van der Waals surface area contributed by atoms with Crippen molar-refractivity contribution in [3.05, 3.63) is 66.2 Å². The third-order valence-corrected chi connectivity index (χ3v) is 4.65. The van der Waals surface area contributed by atoms with Crippen molar-refractivity contribution in [2.45, 2.75) is 26.3 Å². The van der Waals surface area contributed by atoms with Crippen LogP contribution in [0.5, 0.6) is 0 Å². The van der Waals surface area contributed by atoms with Crippen LogP contribution in [0, 0.1) is 5.41 Å². The Kier molecular flexibility index (Phi) is 6.68. The number of para-hydroxylation sites is 1. The lowest BCUT2D eigenvalue weighted by molar-refractivity contribution is -0.128. The molecule has 24 heavy (non-hydrogen) atoms. The minimum atomic E-state index is -0.545. The molecule has 3 nitrogen and oxygen atoms in total. The first-order chi connectivity index (χ1) is 11.5. The zero-order valence-electron chi connectivity index (χ0n) is 14.3. The molecule has 2 aromatic rings. The second kappa shape index (κ2) is 8.74. The van der Waals surface area contributed by atoms with Crippen LogP contribution in [0.25, 0.3) is 0 Å². The fraction of sp³-hybridized carbons (Fsp3) is 0.350. The van der Waals surface area contributed by atoms with Crippen molar-refractivity contribution in [2.24, 2.45) is 5.41 Å². The summed E-state index contributed by atoms with van der Waals surface area (Å²) < 4.78 is 0. The van der Waals surface area contributed by atoms with Gasteiger partial charge in [0.2, 0.25) is 5.91 Å². The minimum absolute atomic E-state index is 0.0102. The fourth-order valence-electron chi connectivity index (χ4n) is 2.37. The Morgan fingerprint density at radius 3 is 2.21 bits per heavy atom. The molecule has 2 aromatic carbocycles. The van der Waals surface area contributed by atoms with E-state index in [4.69, 9.17) is 11.6 Å². The Balaban J connectivity index is 2.00. The van der Waals surface area contributed by atoms with Gasteiger partial charge in [0.25, 0.3) is 0 Å². The predicted octanol–water partition coefficient (Wildman–Crippen LogP) is 4.61. The van der Waals surface area contributed by atoms with Crippen LogP contribution >= 0.6 is 11.6 Å². The molecule has 0 aromatic heterocycles. The van der Waals surface area contributed by atoms with Crippen LogP contribution < -0.4 is 10.6 Å². The fourth-order valence-corrected chi connectivity index (χ4v) is 2.49. The summed E-state index contributed by atoms with van der Waals surface area (Å²) in [4.78, 5) is 12.2. The van der Waals surface area contributed by atoms with E-state index in [1.807, 2.05) is 62.4 Å². The number of anilines is 1. The summed E-state index contributed by atoms with van der Waals surface area (Å²) in [7, 11) is 0. The highest BCUT2D eigenvalue weighted by Crippen LogP contribution is 2.22. The summed E-state index contributed by atoms with van der Waals surface area (Å²) >= 11 is 5.86. The average Bonchev–Trinajstić information content (AvgIpc) is 2.62. The molecule has 128 valence electrons. The zero-order chi connectivity index (χ0) is 17.4. The van der Waals surface area contributed by atoms with E-state index in [2.05, 4.69) is 22.8 Å². The number of carbonyl (C=O) groups excluding carboxylic acids is 1. The summed E-state index contributed by atoms with van der Waals surface area (Å²) in [6.45, 7) is 4.30. The predicted molar refractivity (Wildman–Crippen MR) is 101 cm³/mol. The highest BCUT2D eigenvalue weighted by atomic mass is 35.5. The van der Waals surface area contributed by atoms with E-state index >= 15 is 0 Å². The highest BCUT2D eigenvalue weighted by molar-refractivity contribution is 6.19. The maximum Gasteiger partial charge on any atom is 0.226 e. The molecule has 0 spiro atoms. The third-order valence-electron chi connectivity index (χ3n) is 3.98. The van der Waals surface area contributed by atoms with Crippen LogP contribution in [0.2, 0.25) is 0 Å². The summed E-state index contributed by atoms with van der Waals surface area (Å²) in [5.74, 6) is 0.299. The van der Waals surface area contributed by atoms with Gasteiger partial charge in [-0.25, -0.2) is 0 Å². The molecule has 0 aliphatic heterocycles. The van der Waals surface area contributed by atoms with Gasteiger partial charge < -0.3 is 10.6 Å². The Morgan fingerprint density at radius 2 is 1.62 bits per heavy atom. The summed E-state index contributed by atoms with van der Waals surface area (Å²) in [6.07, 6.45) is 0.795. The average molecular weight is 345 g/mol. The number of halogens is 1. The first kappa shape index (κ1) is 18.3. The van der Waals surface area contributed by atoms with Crippen LogP contribution in [0.4, 0.5) is 5.69 Å². The van der Waals surface area contributed by atoms with Crippen molar-refractivity contribution in [1.29, 1.82) is 0 Å².